The van der Waals surface area contributed by atoms with Crippen molar-refractivity contribution in [3.63, 3.8) is 0 Å². The van der Waals surface area contributed by atoms with E-state index in [0.717, 1.165) is 44.0 Å². The van der Waals surface area contributed by atoms with Gasteiger partial charge in [0.2, 0.25) is 0 Å². The maximum atomic E-state index is 12.1. The van der Waals surface area contributed by atoms with Crippen LogP contribution in [0, 0.1) is 19.3 Å². The van der Waals surface area contributed by atoms with Gasteiger partial charge in [-0.05, 0) is 63.4 Å². The number of aromatic nitrogens is 3. The highest BCUT2D eigenvalue weighted by molar-refractivity contribution is 7.12. The second-order valence-electron chi connectivity index (χ2n) is 7.40. The molecule has 0 aliphatic heterocycles. The summed E-state index contributed by atoms with van der Waals surface area (Å²) in [6, 6.07) is 5.90. The Balaban J connectivity index is 2.26. The predicted octanol–water partition coefficient (Wildman–Crippen LogP) is 3.86. The summed E-state index contributed by atoms with van der Waals surface area (Å²) < 4.78 is 1.84. The van der Waals surface area contributed by atoms with Gasteiger partial charge in [0.1, 0.15) is 5.52 Å². The summed E-state index contributed by atoms with van der Waals surface area (Å²) in [5.41, 5.74) is 3.45. The predicted molar refractivity (Wildman–Crippen MR) is 106 cm³/mol. The number of thiophene rings is 1. The summed E-state index contributed by atoms with van der Waals surface area (Å²) in [4.78, 5) is 14.1. The highest BCUT2D eigenvalue weighted by atomic mass is 32.1. The van der Waals surface area contributed by atoms with Crippen molar-refractivity contribution in [2.45, 2.75) is 53.7 Å². The van der Waals surface area contributed by atoms with E-state index in [4.69, 9.17) is 0 Å². The largest absolute Gasteiger partial charge is 0.481 e. The van der Waals surface area contributed by atoms with Gasteiger partial charge in [-0.25, -0.2) is 4.68 Å². The fraction of sp³-hybridized carbons (Fsp3) is 0.450. The zero-order chi connectivity index (χ0) is 19.9. The lowest BCUT2D eigenvalue weighted by Gasteiger charge is -2.31. The maximum Gasteiger partial charge on any atom is 0.310 e. The minimum atomic E-state index is -1.02. The molecular formula is C20H25N3O3S. The Morgan fingerprint density at radius 2 is 2.04 bits per heavy atom. The van der Waals surface area contributed by atoms with Crippen molar-refractivity contribution in [2.75, 3.05) is 0 Å². The van der Waals surface area contributed by atoms with E-state index in [9.17, 15) is 15.0 Å². The lowest BCUT2D eigenvalue weighted by Crippen LogP contribution is -2.32. The molecule has 0 aliphatic rings. The van der Waals surface area contributed by atoms with E-state index in [1.807, 2.05) is 43.7 Å². The van der Waals surface area contributed by atoms with E-state index in [0.29, 0.717) is 0 Å². The summed E-state index contributed by atoms with van der Waals surface area (Å²) in [6.45, 7) is 10.1. The quantitative estimate of drug-likeness (QED) is 0.670. The smallest absolute Gasteiger partial charge is 0.310 e. The number of hydrogen-bond acceptors (Lipinski definition) is 5. The van der Waals surface area contributed by atoms with Crippen LogP contribution in [0.2, 0.25) is 0 Å². The van der Waals surface area contributed by atoms with Gasteiger partial charge in [0.15, 0.2) is 0 Å². The Morgan fingerprint density at radius 1 is 1.33 bits per heavy atom. The van der Waals surface area contributed by atoms with Crippen LogP contribution in [0.15, 0.2) is 18.2 Å². The van der Waals surface area contributed by atoms with Gasteiger partial charge in [0.25, 0.3) is 0 Å². The summed E-state index contributed by atoms with van der Waals surface area (Å²) in [7, 11) is 0. The number of fused-ring (bicyclic) bond motifs is 1. The minimum Gasteiger partial charge on any atom is -0.481 e. The molecule has 3 rings (SSSR count). The Labute approximate surface area is 162 Å². The molecule has 0 amide bonds. The maximum absolute atomic E-state index is 12.1. The lowest BCUT2D eigenvalue weighted by atomic mass is 9.72. The van der Waals surface area contributed by atoms with Gasteiger partial charge in [0.05, 0.1) is 17.5 Å². The molecule has 2 N–H and O–H groups in total. The molecule has 1 unspecified atom stereocenters. The number of benzene rings is 1. The number of aryl methyl sites for hydroxylation is 3. The first kappa shape index (κ1) is 19.5. The summed E-state index contributed by atoms with van der Waals surface area (Å²) in [5, 5.41) is 28.0. The molecule has 0 saturated carbocycles. The molecule has 0 spiro atoms. The third-order valence-corrected chi connectivity index (χ3v) is 6.52. The third kappa shape index (κ3) is 3.15. The van der Waals surface area contributed by atoms with Crippen molar-refractivity contribution in [1.29, 1.82) is 0 Å². The second kappa shape index (κ2) is 7.05. The zero-order valence-electron chi connectivity index (χ0n) is 16.3. The lowest BCUT2D eigenvalue weighted by molar-refractivity contribution is -0.147. The first-order valence-electron chi connectivity index (χ1n) is 8.98. The van der Waals surface area contributed by atoms with Crippen LogP contribution in [-0.4, -0.2) is 31.2 Å². The standard InChI is InChI=1S/C20H25N3O3S/c1-6-23-15-8-7-14(11(2)18(15)21-22-23)17(20(4,5)19(25)26)16-9-13(10-24)12(3)27-16/h7-9,17,24H,6,10H2,1-5H3,(H,25,26). The monoisotopic (exact) mass is 387 g/mol. The first-order chi connectivity index (χ1) is 12.7. The van der Waals surface area contributed by atoms with E-state index in [1.165, 1.54) is 0 Å². The molecule has 6 nitrogen and oxygen atoms in total. The highest BCUT2D eigenvalue weighted by Gasteiger charge is 2.41. The molecule has 1 aromatic carbocycles. The van der Waals surface area contributed by atoms with Crippen LogP contribution in [0.25, 0.3) is 11.0 Å². The number of hydrogen-bond donors (Lipinski definition) is 2. The average molecular weight is 388 g/mol. The molecule has 0 radical (unpaired) electrons. The Morgan fingerprint density at radius 3 is 2.59 bits per heavy atom. The second-order valence-corrected chi connectivity index (χ2v) is 8.69. The molecule has 0 aliphatic carbocycles. The number of carboxylic acids is 1. The van der Waals surface area contributed by atoms with Crippen molar-refractivity contribution < 1.29 is 15.0 Å². The average Bonchev–Trinajstić information content (AvgIpc) is 3.20. The van der Waals surface area contributed by atoms with E-state index in [2.05, 4.69) is 10.3 Å². The molecular weight excluding hydrogens is 362 g/mol. The Kier molecular flexibility index (Phi) is 5.10. The van der Waals surface area contributed by atoms with Gasteiger partial charge in [-0.15, -0.1) is 16.4 Å². The number of rotatable bonds is 6. The van der Waals surface area contributed by atoms with Crippen LogP contribution < -0.4 is 0 Å². The van der Waals surface area contributed by atoms with E-state index >= 15 is 0 Å². The summed E-state index contributed by atoms with van der Waals surface area (Å²) >= 11 is 1.55. The third-order valence-electron chi connectivity index (χ3n) is 5.36. The minimum absolute atomic E-state index is 0.0502. The number of aliphatic hydroxyl groups excluding tert-OH is 1. The molecule has 7 heteroatoms. The van der Waals surface area contributed by atoms with Gasteiger partial charge in [-0.3, -0.25) is 4.79 Å². The molecule has 0 bridgehead atoms. The number of carbonyl (C=O) groups is 1. The van der Waals surface area contributed by atoms with Gasteiger partial charge in [-0.2, -0.15) is 0 Å². The van der Waals surface area contributed by atoms with Crippen LogP contribution in [0.1, 0.15) is 53.1 Å². The van der Waals surface area contributed by atoms with Crippen LogP contribution in [0.4, 0.5) is 0 Å². The molecule has 0 saturated heterocycles. The van der Waals surface area contributed by atoms with Gasteiger partial charge in [-0.1, -0.05) is 11.3 Å². The number of aliphatic hydroxyl groups is 1. The summed E-state index contributed by atoms with van der Waals surface area (Å²) in [5.74, 6) is -1.21. The highest BCUT2D eigenvalue weighted by Crippen LogP contribution is 2.46. The number of aliphatic carboxylic acids is 1. The van der Waals surface area contributed by atoms with E-state index in [1.54, 1.807) is 25.2 Å². The fourth-order valence-electron chi connectivity index (χ4n) is 3.59. The van der Waals surface area contributed by atoms with Crippen LogP contribution in [0.3, 0.4) is 0 Å². The molecule has 27 heavy (non-hydrogen) atoms. The summed E-state index contributed by atoms with van der Waals surface area (Å²) in [6.07, 6.45) is 0. The van der Waals surface area contributed by atoms with Crippen LogP contribution in [0.5, 0.6) is 0 Å². The van der Waals surface area contributed by atoms with Crippen molar-refractivity contribution >= 4 is 28.3 Å². The van der Waals surface area contributed by atoms with E-state index in [-0.39, 0.29) is 12.5 Å². The normalized spacial score (nSPS) is 13.3. The van der Waals surface area contributed by atoms with Crippen molar-refractivity contribution in [2.24, 2.45) is 5.41 Å². The number of nitrogens with zero attached hydrogens (tertiary/aromatic N) is 3. The fourth-order valence-corrected chi connectivity index (χ4v) is 4.94. The molecule has 1 atom stereocenters. The van der Waals surface area contributed by atoms with Crippen molar-refractivity contribution in [3.8, 4) is 0 Å². The molecule has 144 valence electrons. The molecule has 0 fully saturated rings. The van der Waals surface area contributed by atoms with Gasteiger partial charge < -0.3 is 10.2 Å². The first-order valence-corrected chi connectivity index (χ1v) is 9.80. The van der Waals surface area contributed by atoms with Gasteiger partial charge >= 0.3 is 5.97 Å². The van der Waals surface area contributed by atoms with Crippen LogP contribution >= 0.6 is 11.3 Å². The SMILES string of the molecule is CCn1nnc2c(C)c(C(c3cc(CO)c(C)s3)C(C)(C)C(=O)O)ccc21. The molecule has 2 aromatic heterocycles. The van der Waals surface area contributed by atoms with E-state index < -0.39 is 11.4 Å². The zero-order valence-corrected chi connectivity index (χ0v) is 17.1. The molecule has 2 heterocycles. The Hall–Kier alpha value is -2.25. The Bertz CT molecular complexity index is 1000. The van der Waals surface area contributed by atoms with Gasteiger partial charge in [0, 0.05) is 22.2 Å². The number of carboxylic acid groups (broad SMARTS) is 1. The van der Waals surface area contributed by atoms with Crippen LogP contribution in [-0.2, 0) is 17.9 Å². The topological polar surface area (TPSA) is 88.2 Å². The van der Waals surface area contributed by atoms with Crippen molar-refractivity contribution in [1.82, 2.24) is 15.0 Å². The molecule has 3 aromatic rings. The van der Waals surface area contributed by atoms with Crippen molar-refractivity contribution in [3.05, 3.63) is 44.6 Å².